The lowest BCUT2D eigenvalue weighted by molar-refractivity contribution is 0.456. The van der Waals surface area contributed by atoms with E-state index in [0.29, 0.717) is 6.04 Å². The fraction of sp³-hybridized carbons (Fsp3) is 0.500. The standard InChI is InChI=1S/C16H21N3S/c1-2-15-17-16(20-18-15)19-11-7-6-10-14(19)12-13-8-4-3-5-9-13/h3-5,8-9,14H,2,6-7,10-12H2,1H3. The van der Waals surface area contributed by atoms with Gasteiger partial charge in [-0.15, -0.1) is 0 Å². The Morgan fingerprint density at radius 1 is 1.25 bits per heavy atom. The molecule has 3 nitrogen and oxygen atoms in total. The van der Waals surface area contributed by atoms with Gasteiger partial charge in [-0.2, -0.15) is 4.37 Å². The Hall–Kier alpha value is -1.42. The minimum atomic E-state index is 0.573. The van der Waals surface area contributed by atoms with E-state index in [9.17, 15) is 0 Å². The van der Waals surface area contributed by atoms with Crippen molar-refractivity contribution in [2.75, 3.05) is 11.4 Å². The predicted molar refractivity (Wildman–Crippen MR) is 84.4 cm³/mol. The van der Waals surface area contributed by atoms with Crippen LogP contribution in [0, 0.1) is 0 Å². The summed E-state index contributed by atoms with van der Waals surface area (Å²) in [5.74, 6) is 0.981. The van der Waals surface area contributed by atoms with Crippen LogP contribution in [-0.4, -0.2) is 21.9 Å². The summed E-state index contributed by atoms with van der Waals surface area (Å²) in [5.41, 5.74) is 1.42. The summed E-state index contributed by atoms with van der Waals surface area (Å²) in [6, 6.07) is 11.4. The van der Waals surface area contributed by atoms with Gasteiger partial charge < -0.3 is 4.90 Å². The Kier molecular flexibility index (Phi) is 4.31. The fourth-order valence-electron chi connectivity index (χ4n) is 2.86. The summed E-state index contributed by atoms with van der Waals surface area (Å²) in [4.78, 5) is 7.16. The molecule has 0 spiro atoms. The second-order valence-corrected chi connectivity index (χ2v) is 6.11. The van der Waals surface area contributed by atoms with Gasteiger partial charge in [0.2, 0.25) is 5.13 Å². The van der Waals surface area contributed by atoms with E-state index in [2.05, 4.69) is 51.5 Å². The van der Waals surface area contributed by atoms with E-state index < -0.39 is 0 Å². The van der Waals surface area contributed by atoms with Crippen LogP contribution in [0.3, 0.4) is 0 Å². The Bertz CT molecular complexity index is 538. The molecule has 1 aromatic carbocycles. The molecule has 0 radical (unpaired) electrons. The predicted octanol–water partition coefficient (Wildman–Crippen LogP) is 3.70. The highest BCUT2D eigenvalue weighted by molar-refractivity contribution is 7.09. The van der Waals surface area contributed by atoms with Gasteiger partial charge >= 0.3 is 0 Å². The molecule has 4 heteroatoms. The number of hydrogen-bond donors (Lipinski definition) is 0. The summed E-state index contributed by atoms with van der Waals surface area (Å²) in [5, 5.41) is 1.11. The number of aryl methyl sites for hydroxylation is 1. The summed E-state index contributed by atoms with van der Waals surface area (Å²) < 4.78 is 4.44. The third-order valence-corrected chi connectivity index (χ3v) is 4.75. The molecule has 1 aromatic heterocycles. The van der Waals surface area contributed by atoms with Gasteiger partial charge in [-0.3, -0.25) is 0 Å². The van der Waals surface area contributed by atoms with E-state index in [4.69, 9.17) is 0 Å². The van der Waals surface area contributed by atoms with E-state index in [1.165, 1.54) is 24.8 Å². The Morgan fingerprint density at radius 3 is 2.85 bits per heavy atom. The zero-order valence-electron chi connectivity index (χ0n) is 12.0. The highest BCUT2D eigenvalue weighted by Gasteiger charge is 2.25. The van der Waals surface area contributed by atoms with Gasteiger partial charge in [0, 0.05) is 30.5 Å². The molecule has 20 heavy (non-hydrogen) atoms. The third kappa shape index (κ3) is 3.01. The van der Waals surface area contributed by atoms with Gasteiger partial charge in [-0.1, -0.05) is 37.3 Å². The summed E-state index contributed by atoms with van der Waals surface area (Å²) in [7, 11) is 0. The summed E-state index contributed by atoms with van der Waals surface area (Å²) >= 11 is 1.56. The van der Waals surface area contributed by atoms with Crippen molar-refractivity contribution in [1.82, 2.24) is 9.36 Å². The number of piperidine rings is 1. The number of nitrogens with zero attached hydrogens (tertiary/aromatic N) is 3. The third-order valence-electron chi connectivity index (χ3n) is 3.96. The van der Waals surface area contributed by atoms with Crippen molar-refractivity contribution >= 4 is 16.7 Å². The fourth-order valence-corrected chi connectivity index (χ4v) is 3.70. The van der Waals surface area contributed by atoms with E-state index in [1.54, 1.807) is 11.5 Å². The zero-order valence-corrected chi connectivity index (χ0v) is 12.8. The van der Waals surface area contributed by atoms with Crippen molar-refractivity contribution < 1.29 is 0 Å². The maximum Gasteiger partial charge on any atom is 0.205 e. The SMILES string of the molecule is CCc1nsc(N2CCCCC2Cc2ccccc2)n1. The number of aromatic nitrogens is 2. The molecule has 0 bridgehead atoms. The molecule has 1 fully saturated rings. The van der Waals surface area contributed by atoms with Crippen LogP contribution >= 0.6 is 11.5 Å². The average Bonchev–Trinajstić information content (AvgIpc) is 2.98. The van der Waals surface area contributed by atoms with Crippen LogP contribution in [-0.2, 0) is 12.8 Å². The number of benzene rings is 1. The normalized spacial score (nSPS) is 19.2. The molecule has 2 aromatic rings. The molecule has 0 aliphatic carbocycles. The lowest BCUT2D eigenvalue weighted by atomic mass is 9.96. The van der Waals surface area contributed by atoms with E-state index in [-0.39, 0.29) is 0 Å². The molecular weight excluding hydrogens is 266 g/mol. The van der Waals surface area contributed by atoms with Crippen molar-refractivity contribution in [3.05, 3.63) is 41.7 Å². The second kappa shape index (κ2) is 6.35. The molecule has 3 rings (SSSR count). The minimum Gasteiger partial charge on any atom is -0.344 e. The van der Waals surface area contributed by atoms with E-state index >= 15 is 0 Å². The summed E-state index contributed by atoms with van der Waals surface area (Å²) in [6.07, 6.45) is 5.89. The largest absolute Gasteiger partial charge is 0.344 e. The van der Waals surface area contributed by atoms with E-state index in [1.807, 2.05) is 0 Å². The van der Waals surface area contributed by atoms with Crippen LogP contribution in [0.15, 0.2) is 30.3 Å². The van der Waals surface area contributed by atoms with Crippen molar-refractivity contribution in [2.24, 2.45) is 0 Å². The van der Waals surface area contributed by atoms with Crippen LogP contribution in [0.25, 0.3) is 0 Å². The number of hydrogen-bond acceptors (Lipinski definition) is 4. The molecule has 1 atom stereocenters. The molecule has 0 N–H and O–H groups in total. The van der Waals surface area contributed by atoms with Gasteiger partial charge in [0.05, 0.1) is 0 Å². The maximum atomic E-state index is 4.68. The second-order valence-electron chi connectivity index (χ2n) is 5.38. The zero-order chi connectivity index (χ0) is 13.8. The molecule has 1 aliphatic heterocycles. The van der Waals surface area contributed by atoms with Gasteiger partial charge in [-0.25, -0.2) is 4.98 Å². The Labute approximate surface area is 124 Å². The van der Waals surface area contributed by atoms with Crippen LogP contribution < -0.4 is 4.90 Å². The average molecular weight is 287 g/mol. The number of rotatable bonds is 4. The van der Waals surface area contributed by atoms with Gasteiger partial charge in [0.1, 0.15) is 5.82 Å². The van der Waals surface area contributed by atoms with Crippen molar-refractivity contribution in [3.63, 3.8) is 0 Å². The first kappa shape index (κ1) is 13.6. The molecular formula is C16H21N3S. The van der Waals surface area contributed by atoms with Crippen molar-refractivity contribution in [3.8, 4) is 0 Å². The van der Waals surface area contributed by atoms with E-state index in [0.717, 1.165) is 30.3 Å². The Balaban J connectivity index is 1.76. The van der Waals surface area contributed by atoms with Crippen molar-refractivity contribution in [2.45, 2.75) is 45.1 Å². The topological polar surface area (TPSA) is 29.0 Å². The monoisotopic (exact) mass is 287 g/mol. The first-order valence-corrected chi connectivity index (χ1v) is 8.27. The molecule has 1 saturated heterocycles. The molecule has 1 aliphatic rings. The first-order chi connectivity index (χ1) is 9.86. The van der Waals surface area contributed by atoms with Gasteiger partial charge in [0.15, 0.2) is 0 Å². The van der Waals surface area contributed by atoms with Gasteiger partial charge in [0.25, 0.3) is 0 Å². The first-order valence-electron chi connectivity index (χ1n) is 7.50. The quantitative estimate of drug-likeness (QED) is 0.858. The lowest BCUT2D eigenvalue weighted by Gasteiger charge is -2.35. The van der Waals surface area contributed by atoms with Crippen LogP contribution in [0.4, 0.5) is 5.13 Å². The molecule has 106 valence electrons. The molecule has 0 amide bonds. The Morgan fingerprint density at radius 2 is 2.10 bits per heavy atom. The molecule has 2 heterocycles. The smallest absolute Gasteiger partial charge is 0.205 e. The highest BCUT2D eigenvalue weighted by atomic mass is 32.1. The lowest BCUT2D eigenvalue weighted by Crippen LogP contribution is -2.41. The van der Waals surface area contributed by atoms with Crippen molar-refractivity contribution in [1.29, 1.82) is 0 Å². The van der Waals surface area contributed by atoms with Crippen LogP contribution in [0.1, 0.15) is 37.6 Å². The maximum absolute atomic E-state index is 4.68. The van der Waals surface area contributed by atoms with Crippen LogP contribution in [0.5, 0.6) is 0 Å². The highest BCUT2D eigenvalue weighted by Crippen LogP contribution is 2.28. The molecule has 1 unspecified atom stereocenters. The number of anilines is 1. The molecule has 0 saturated carbocycles. The van der Waals surface area contributed by atoms with Gasteiger partial charge in [-0.05, 0) is 31.2 Å². The van der Waals surface area contributed by atoms with Crippen LogP contribution in [0.2, 0.25) is 0 Å². The minimum absolute atomic E-state index is 0.573. The summed E-state index contributed by atoms with van der Waals surface area (Å²) in [6.45, 7) is 3.24.